The van der Waals surface area contributed by atoms with E-state index < -0.39 is 12.6 Å². The first-order valence-corrected chi connectivity index (χ1v) is 7.95. The van der Waals surface area contributed by atoms with Crippen LogP contribution < -0.4 is 4.74 Å². The molecule has 132 valence electrons. The van der Waals surface area contributed by atoms with Gasteiger partial charge in [-0.15, -0.1) is 0 Å². The molecule has 0 aromatic heterocycles. The zero-order valence-electron chi connectivity index (χ0n) is 14.2. The Labute approximate surface area is 150 Å². The number of fused-ring (bicyclic) bond motifs is 1. The Morgan fingerprint density at radius 2 is 1.69 bits per heavy atom. The lowest BCUT2D eigenvalue weighted by Gasteiger charge is -2.16. The Morgan fingerprint density at radius 3 is 2.38 bits per heavy atom. The Morgan fingerprint density at radius 1 is 1.04 bits per heavy atom. The minimum absolute atomic E-state index is 0.300. The normalized spacial score (nSPS) is 12.7. The number of benzene rings is 2. The van der Waals surface area contributed by atoms with E-state index >= 15 is 0 Å². The lowest BCUT2D eigenvalue weighted by Crippen LogP contribution is -2.31. The van der Waals surface area contributed by atoms with E-state index in [2.05, 4.69) is 6.58 Å². The van der Waals surface area contributed by atoms with E-state index in [0.29, 0.717) is 28.1 Å². The first kappa shape index (κ1) is 17.4. The summed E-state index contributed by atoms with van der Waals surface area (Å²) in [5.74, 6) is -0.966. The van der Waals surface area contributed by atoms with Crippen LogP contribution in [-0.2, 0) is 9.53 Å². The Bertz CT molecular complexity index is 868. The maximum absolute atomic E-state index is 12.4. The van der Waals surface area contributed by atoms with Gasteiger partial charge in [0, 0.05) is 16.8 Å². The second-order valence-corrected chi connectivity index (χ2v) is 5.67. The molecule has 0 atom stereocenters. The number of carbonyl (C=O) groups excluding carboxylic acids is 3. The van der Waals surface area contributed by atoms with Crippen molar-refractivity contribution in [1.82, 2.24) is 4.90 Å². The van der Waals surface area contributed by atoms with Crippen molar-refractivity contribution in [3.05, 3.63) is 71.8 Å². The number of hydrogen-bond donors (Lipinski definition) is 0. The standard InChI is InChI=1S/C20H17NO5/c1-13-14-7-3-4-8-15(14)20(24)21(13)11-19(23)26-12-17(22)16-9-5-6-10-18(16)25-2/h3-10H,1,11-12H2,2H3. The molecule has 2 aromatic rings. The van der Waals surface area contributed by atoms with Gasteiger partial charge in [0.1, 0.15) is 12.3 Å². The second kappa shape index (κ2) is 7.23. The molecule has 0 fully saturated rings. The molecular formula is C20H17NO5. The first-order chi connectivity index (χ1) is 12.5. The summed E-state index contributed by atoms with van der Waals surface area (Å²) in [6, 6.07) is 13.7. The molecule has 6 heteroatoms. The molecule has 1 heterocycles. The van der Waals surface area contributed by atoms with Crippen molar-refractivity contribution in [2.45, 2.75) is 0 Å². The van der Waals surface area contributed by atoms with E-state index in [4.69, 9.17) is 9.47 Å². The molecule has 0 spiro atoms. The maximum atomic E-state index is 12.4. The fraction of sp³-hybridized carbons (Fsp3) is 0.150. The van der Waals surface area contributed by atoms with Crippen LogP contribution in [-0.4, -0.2) is 42.8 Å². The van der Waals surface area contributed by atoms with Crippen LogP contribution in [0.2, 0.25) is 0 Å². The molecule has 0 radical (unpaired) electrons. The number of carbonyl (C=O) groups is 3. The van der Waals surface area contributed by atoms with Gasteiger partial charge in [-0.1, -0.05) is 36.9 Å². The topological polar surface area (TPSA) is 72.9 Å². The summed E-state index contributed by atoms with van der Waals surface area (Å²) in [5.41, 5.74) is 1.96. The SMILES string of the molecule is C=C1c2ccccc2C(=O)N1CC(=O)OCC(=O)c1ccccc1OC. The second-order valence-electron chi connectivity index (χ2n) is 5.67. The Balaban J connectivity index is 1.61. The highest BCUT2D eigenvalue weighted by Gasteiger charge is 2.32. The van der Waals surface area contributed by atoms with Crippen molar-refractivity contribution in [3.63, 3.8) is 0 Å². The van der Waals surface area contributed by atoms with Crippen LogP contribution in [0.4, 0.5) is 0 Å². The Hall–Kier alpha value is -3.41. The minimum Gasteiger partial charge on any atom is -0.496 e. The summed E-state index contributed by atoms with van der Waals surface area (Å²) < 4.78 is 10.2. The largest absolute Gasteiger partial charge is 0.496 e. The summed E-state index contributed by atoms with van der Waals surface area (Å²) in [4.78, 5) is 37.9. The highest BCUT2D eigenvalue weighted by atomic mass is 16.5. The van der Waals surface area contributed by atoms with Crippen LogP contribution in [0, 0.1) is 0 Å². The van der Waals surface area contributed by atoms with Gasteiger partial charge in [0.05, 0.1) is 12.7 Å². The zero-order valence-corrected chi connectivity index (χ0v) is 14.2. The smallest absolute Gasteiger partial charge is 0.326 e. The molecule has 3 rings (SSSR count). The third-order valence-electron chi connectivity index (χ3n) is 4.10. The molecule has 0 bridgehead atoms. The average Bonchev–Trinajstić information content (AvgIpc) is 2.91. The molecule has 2 aromatic carbocycles. The Kier molecular flexibility index (Phi) is 4.84. The van der Waals surface area contributed by atoms with Gasteiger partial charge in [0.2, 0.25) is 5.78 Å². The first-order valence-electron chi connectivity index (χ1n) is 7.95. The molecule has 0 unspecified atom stereocenters. The highest BCUT2D eigenvalue weighted by Crippen LogP contribution is 2.30. The van der Waals surface area contributed by atoms with Crippen molar-refractivity contribution in [2.75, 3.05) is 20.3 Å². The number of Topliss-reactive ketones (excluding diaryl/α,β-unsaturated/α-hetero) is 1. The van der Waals surface area contributed by atoms with Crippen LogP contribution in [0.25, 0.3) is 5.70 Å². The average molecular weight is 351 g/mol. The summed E-state index contributed by atoms with van der Waals surface area (Å²) >= 11 is 0. The molecule has 1 amide bonds. The number of ketones is 1. The summed E-state index contributed by atoms with van der Waals surface area (Å²) in [7, 11) is 1.46. The number of amides is 1. The van der Waals surface area contributed by atoms with Crippen molar-refractivity contribution in [1.29, 1.82) is 0 Å². The molecule has 1 aliphatic heterocycles. The van der Waals surface area contributed by atoms with Crippen LogP contribution in [0.15, 0.2) is 55.1 Å². The number of methoxy groups -OCH3 is 1. The molecule has 6 nitrogen and oxygen atoms in total. The zero-order chi connectivity index (χ0) is 18.7. The highest BCUT2D eigenvalue weighted by molar-refractivity contribution is 6.10. The molecule has 0 N–H and O–H groups in total. The number of ether oxygens (including phenoxy) is 2. The van der Waals surface area contributed by atoms with E-state index in [1.54, 1.807) is 48.5 Å². The van der Waals surface area contributed by atoms with E-state index in [9.17, 15) is 14.4 Å². The maximum Gasteiger partial charge on any atom is 0.326 e. The molecule has 26 heavy (non-hydrogen) atoms. The van der Waals surface area contributed by atoms with Gasteiger partial charge in [-0.3, -0.25) is 19.3 Å². The fourth-order valence-electron chi connectivity index (χ4n) is 2.78. The van der Waals surface area contributed by atoms with E-state index in [1.165, 1.54) is 12.0 Å². The van der Waals surface area contributed by atoms with Gasteiger partial charge in [-0.2, -0.15) is 0 Å². The van der Waals surface area contributed by atoms with Gasteiger partial charge >= 0.3 is 5.97 Å². The van der Waals surface area contributed by atoms with Gasteiger partial charge < -0.3 is 9.47 Å². The van der Waals surface area contributed by atoms with Crippen molar-refractivity contribution in [3.8, 4) is 5.75 Å². The number of rotatable bonds is 6. The van der Waals surface area contributed by atoms with E-state index in [0.717, 1.165) is 0 Å². The predicted molar refractivity (Wildman–Crippen MR) is 94.8 cm³/mol. The van der Waals surface area contributed by atoms with E-state index in [1.807, 2.05) is 0 Å². The third kappa shape index (κ3) is 3.21. The number of esters is 1. The summed E-state index contributed by atoms with van der Waals surface area (Å²) in [6.45, 7) is 3.13. The lowest BCUT2D eigenvalue weighted by molar-refractivity contribution is -0.142. The lowest BCUT2D eigenvalue weighted by atomic mass is 10.1. The number of para-hydroxylation sites is 1. The predicted octanol–water partition coefficient (Wildman–Crippen LogP) is 2.55. The van der Waals surface area contributed by atoms with Gasteiger partial charge in [0.15, 0.2) is 6.61 Å². The van der Waals surface area contributed by atoms with Gasteiger partial charge in [0.25, 0.3) is 5.91 Å². The van der Waals surface area contributed by atoms with E-state index in [-0.39, 0.29) is 18.2 Å². The van der Waals surface area contributed by atoms with Crippen LogP contribution in [0.3, 0.4) is 0 Å². The minimum atomic E-state index is -0.685. The molecule has 0 saturated heterocycles. The van der Waals surface area contributed by atoms with Crippen molar-refractivity contribution in [2.24, 2.45) is 0 Å². The van der Waals surface area contributed by atoms with Gasteiger partial charge in [-0.05, 0) is 18.2 Å². The number of nitrogens with zero attached hydrogens (tertiary/aromatic N) is 1. The third-order valence-corrected chi connectivity index (χ3v) is 4.10. The molecule has 0 saturated carbocycles. The van der Waals surface area contributed by atoms with Gasteiger partial charge in [-0.25, -0.2) is 0 Å². The molecule has 1 aliphatic rings. The van der Waals surface area contributed by atoms with Crippen molar-refractivity contribution < 1.29 is 23.9 Å². The van der Waals surface area contributed by atoms with Crippen LogP contribution >= 0.6 is 0 Å². The molecular weight excluding hydrogens is 334 g/mol. The van der Waals surface area contributed by atoms with Crippen molar-refractivity contribution >= 4 is 23.4 Å². The van der Waals surface area contributed by atoms with Crippen LogP contribution in [0.1, 0.15) is 26.3 Å². The number of hydrogen-bond acceptors (Lipinski definition) is 5. The molecule has 0 aliphatic carbocycles. The summed E-state index contributed by atoms with van der Waals surface area (Å²) in [6.07, 6.45) is 0. The monoisotopic (exact) mass is 351 g/mol. The van der Waals surface area contributed by atoms with Crippen LogP contribution in [0.5, 0.6) is 5.75 Å². The quantitative estimate of drug-likeness (QED) is 0.591. The fourth-order valence-corrected chi connectivity index (χ4v) is 2.78. The summed E-state index contributed by atoms with van der Waals surface area (Å²) in [5, 5.41) is 0.